The number of amides is 1. The van der Waals surface area contributed by atoms with Crippen molar-refractivity contribution in [3.05, 3.63) is 64.4 Å². The Morgan fingerprint density at radius 3 is 2.41 bits per heavy atom. The van der Waals surface area contributed by atoms with E-state index in [2.05, 4.69) is 10.2 Å². The zero-order chi connectivity index (χ0) is 27.7. The van der Waals surface area contributed by atoms with E-state index in [4.69, 9.17) is 16.3 Å². The number of carbonyl (C=O) groups is 2. The molecule has 2 aromatic carbocycles. The van der Waals surface area contributed by atoms with Crippen molar-refractivity contribution in [3.63, 3.8) is 0 Å². The molecule has 0 saturated heterocycles. The Bertz CT molecular complexity index is 1330. The van der Waals surface area contributed by atoms with E-state index in [-0.39, 0.29) is 33.5 Å². The fourth-order valence-electron chi connectivity index (χ4n) is 3.79. The van der Waals surface area contributed by atoms with Crippen LogP contribution in [0.5, 0.6) is 5.75 Å². The fourth-order valence-corrected chi connectivity index (χ4v) is 3.96. The van der Waals surface area contributed by atoms with Crippen LogP contribution >= 0.6 is 11.6 Å². The minimum Gasteiger partial charge on any atom is -0.480 e. The zero-order valence-corrected chi connectivity index (χ0v) is 21.0. The number of alkyl halides is 3. The second kappa shape index (κ2) is 10.4. The molecule has 0 aliphatic heterocycles. The number of aromatic nitrogens is 3. The van der Waals surface area contributed by atoms with Crippen molar-refractivity contribution in [1.29, 1.82) is 0 Å². The van der Waals surface area contributed by atoms with E-state index in [1.54, 1.807) is 13.8 Å². The van der Waals surface area contributed by atoms with Crippen LogP contribution in [0.2, 0.25) is 5.02 Å². The molecule has 1 aromatic heterocycles. The Morgan fingerprint density at radius 1 is 1.16 bits per heavy atom. The molecule has 1 unspecified atom stereocenters. The molecular weight excluding hydrogens is 517 g/mol. The van der Waals surface area contributed by atoms with Gasteiger partial charge in [-0.3, -0.25) is 4.79 Å². The van der Waals surface area contributed by atoms with Gasteiger partial charge in [0.2, 0.25) is 0 Å². The molecule has 0 aliphatic rings. The van der Waals surface area contributed by atoms with E-state index in [0.29, 0.717) is 0 Å². The number of rotatable bonds is 8. The number of halogens is 4. The summed E-state index contributed by atoms with van der Waals surface area (Å²) in [5.41, 5.74) is -2.45. The Labute approximate surface area is 215 Å². The highest BCUT2D eigenvalue weighted by Gasteiger charge is 2.37. The normalized spacial score (nSPS) is 12.8. The maximum atomic E-state index is 13.6. The standard InChI is InChI=1S/C24H24ClF3N4O5/c1-23(2,22-30-29-19(32(22)4)14-7-5-6-8-16(14)24(26,27)28)37-18-10-9-13(25)11-15(18)20(34)31(3)17(12-33)21(35)36/h5-11,17,33H,12H2,1-4H3,(H,35,36). The van der Waals surface area contributed by atoms with Crippen LogP contribution in [0.25, 0.3) is 11.4 Å². The lowest BCUT2D eigenvalue weighted by Gasteiger charge is -2.28. The van der Waals surface area contributed by atoms with Crippen molar-refractivity contribution in [2.45, 2.75) is 31.7 Å². The summed E-state index contributed by atoms with van der Waals surface area (Å²) < 4.78 is 48.1. The zero-order valence-electron chi connectivity index (χ0n) is 20.2. The predicted molar refractivity (Wildman–Crippen MR) is 127 cm³/mol. The Morgan fingerprint density at radius 2 is 1.81 bits per heavy atom. The van der Waals surface area contributed by atoms with E-state index >= 15 is 0 Å². The summed E-state index contributed by atoms with van der Waals surface area (Å²) in [6.45, 7) is 2.34. The van der Waals surface area contributed by atoms with Gasteiger partial charge in [-0.05, 0) is 38.1 Å². The second-order valence-corrected chi connectivity index (χ2v) is 9.09. The van der Waals surface area contributed by atoms with Crippen molar-refractivity contribution in [3.8, 4) is 17.1 Å². The smallest absolute Gasteiger partial charge is 0.417 e. The highest BCUT2D eigenvalue weighted by Crippen LogP contribution is 2.38. The van der Waals surface area contributed by atoms with Gasteiger partial charge in [-0.15, -0.1) is 10.2 Å². The van der Waals surface area contributed by atoms with Gasteiger partial charge in [-0.25, -0.2) is 4.79 Å². The molecule has 1 heterocycles. The number of carboxylic acids is 1. The minimum atomic E-state index is -4.61. The van der Waals surface area contributed by atoms with E-state index in [0.717, 1.165) is 11.0 Å². The molecule has 198 valence electrons. The Hall–Kier alpha value is -3.64. The van der Waals surface area contributed by atoms with Crippen LogP contribution in [0.3, 0.4) is 0 Å². The number of aliphatic hydroxyl groups excluding tert-OH is 1. The topological polar surface area (TPSA) is 118 Å². The molecular formula is C24H24ClF3N4O5. The molecule has 0 spiro atoms. The first-order chi connectivity index (χ1) is 17.2. The number of hydrogen-bond donors (Lipinski definition) is 2. The van der Waals surface area contributed by atoms with Gasteiger partial charge in [0.1, 0.15) is 5.75 Å². The summed E-state index contributed by atoms with van der Waals surface area (Å²) in [4.78, 5) is 25.4. The van der Waals surface area contributed by atoms with Gasteiger partial charge in [0.15, 0.2) is 23.3 Å². The van der Waals surface area contributed by atoms with Gasteiger partial charge >= 0.3 is 12.1 Å². The lowest BCUT2D eigenvalue weighted by atomic mass is 10.1. The second-order valence-electron chi connectivity index (χ2n) is 8.66. The van der Waals surface area contributed by atoms with E-state index < -0.39 is 41.9 Å². The lowest BCUT2D eigenvalue weighted by Crippen LogP contribution is -2.45. The van der Waals surface area contributed by atoms with Crippen LogP contribution in [0.1, 0.15) is 35.6 Å². The summed E-state index contributed by atoms with van der Waals surface area (Å²) in [6, 6.07) is 7.59. The quantitative estimate of drug-likeness (QED) is 0.443. The Balaban J connectivity index is 2.01. The SMILES string of the molecule is CN(C(=O)c1cc(Cl)ccc1OC(C)(C)c1nnc(-c2ccccc2C(F)(F)F)n1C)C(CO)C(=O)O. The third-order valence-corrected chi connectivity index (χ3v) is 5.90. The molecule has 13 heteroatoms. The molecule has 0 bridgehead atoms. The maximum Gasteiger partial charge on any atom is 0.417 e. The van der Waals surface area contributed by atoms with Gasteiger partial charge in [-0.2, -0.15) is 13.2 Å². The molecule has 1 amide bonds. The van der Waals surface area contributed by atoms with Crippen molar-refractivity contribution in [2.75, 3.05) is 13.7 Å². The summed E-state index contributed by atoms with van der Waals surface area (Å²) in [5, 5.41) is 26.9. The van der Waals surface area contributed by atoms with Crippen LogP contribution in [0.4, 0.5) is 13.2 Å². The van der Waals surface area contributed by atoms with Crippen LogP contribution in [0, 0.1) is 0 Å². The number of hydrogen-bond acceptors (Lipinski definition) is 6. The predicted octanol–water partition coefficient (Wildman–Crippen LogP) is 3.99. The third-order valence-electron chi connectivity index (χ3n) is 5.67. The largest absolute Gasteiger partial charge is 0.480 e. The molecule has 2 N–H and O–H groups in total. The highest BCUT2D eigenvalue weighted by molar-refractivity contribution is 6.31. The highest BCUT2D eigenvalue weighted by atomic mass is 35.5. The first-order valence-electron chi connectivity index (χ1n) is 10.8. The molecule has 0 saturated carbocycles. The summed E-state index contributed by atoms with van der Waals surface area (Å²) in [5.74, 6) is -2.08. The van der Waals surface area contributed by atoms with Crippen LogP contribution in [0.15, 0.2) is 42.5 Å². The number of nitrogens with zero attached hydrogens (tertiary/aromatic N) is 4. The van der Waals surface area contributed by atoms with Crippen LogP contribution in [-0.2, 0) is 23.6 Å². The fraction of sp³-hybridized carbons (Fsp3) is 0.333. The summed E-state index contributed by atoms with van der Waals surface area (Å²) in [6.07, 6.45) is -4.61. The minimum absolute atomic E-state index is 0.00794. The average Bonchev–Trinajstić information content (AvgIpc) is 3.21. The molecule has 0 aliphatic carbocycles. The first-order valence-corrected chi connectivity index (χ1v) is 11.2. The van der Waals surface area contributed by atoms with Crippen molar-refractivity contribution < 1.29 is 37.7 Å². The molecule has 1 atom stereocenters. The third kappa shape index (κ3) is 5.70. The van der Waals surface area contributed by atoms with E-state index in [1.165, 1.54) is 55.1 Å². The molecule has 0 radical (unpaired) electrons. The number of ether oxygens (including phenoxy) is 1. The number of aliphatic carboxylic acids is 1. The number of likely N-dealkylation sites (N-methyl/N-ethyl adjacent to an activating group) is 1. The lowest BCUT2D eigenvalue weighted by molar-refractivity contribution is -0.143. The van der Waals surface area contributed by atoms with E-state index in [9.17, 15) is 33.0 Å². The number of carboxylic acid groups (broad SMARTS) is 1. The van der Waals surface area contributed by atoms with Gasteiger partial charge in [0.25, 0.3) is 5.91 Å². The molecule has 3 aromatic rings. The van der Waals surface area contributed by atoms with Gasteiger partial charge < -0.3 is 24.4 Å². The average molecular weight is 541 g/mol. The molecule has 0 fully saturated rings. The van der Waals surface area contributed by atoms with Crippen LogP contribution < -0.4 is 4.74 Å². The summed E-state index contributed by atoms with van der Waals surface area (Å²) in [7, 11) is 2.70. The van der Waals surface area contributed by atoms with Crippen molar-refractivity contribution >= 4 is 23.5 Å². The first kappa shape index (κ1) is 27.9. The Kier molecular flexibility index (Phi) is 7.84. The van der Waals surface area contributed by atoms with Gasteiger partial charge in [0.05, 0.1) is 17.7 Å². The maximum absolute atomic E-state index is 13.6. The van der Waals surface area contributed by atoms with Crippen molar-refractivity contribution in [1.82, 2.24) is 19.7 Å². The number of aliphatic hydroxyl groups is 1. The molecule has 37 heavy (non-hydrogen) atoms. The van der Waals surface area contributed by atoms with Gasteiger partial charge in [-0.1, -0.05) is 29.8 Å². The van der Waals surface area contributed by atoms with E-state index in [1.807, 2.05) is 0 Å². The number of carbonyl (C=O) groups excluding carboxylic acids is 1. The van der Waals surface area contributed by atoms with Crippen molar-refractivity contribution in [2.24, 2.45) is 7.05 Å². The van der Waals surface area contributed by atoms with Gasteiger partial charge in [0, 0.05) is 24.7 Å². The molecule has 3 rings (SSSR count). The van der Waals surface area contributed by atoms with Crippen LogP contribution in [-0.4, -0.2) is 61.5 Å². The summed E-state index contributed by atoms with van der Waals surface area (Å²) >= 11 is 6.07. The number of benzene rings is 2. The molecule has 9 nitrogen and oxygen atoms in total. The monoisotopic (exact) mass is 540 g/mol.